The van der Waals surface area contributed by atoms with Gasteiger partial charge >= 0.3 is 0 Å². The molecule has 0 bridgehead atoms. The number of carboxylic acids is 1. The number of nitrogens with one attached hydrogen (secondary N) is 1. The van der Waals surface area contributed by atoms with E-state index >= 15 is 0 Å². The quantitative estimate of drug-likeness (QED) is 0.321. The van der Waals surface area contributed by atoms with Crippen LogP contribution >= 0.6 is 18.9 Å². The monoisotopic (exact) mass is 485 g/mol. The van der Waals surface area contributed by atoms with Crippen LogP contribution in [-0.4, -0.2) is 11.9 Å². The fourth-order valence-corrected chi connectivity index (χ4v) is 8.79. The molecule has 0 aliphatic rings. The van der Waals surface area contributed by atoms with Crippen LogP contribution in [0.4, 0.5) is 0 Å². The van der Waals surface area contributed by atoms with Crippen molar-refractivity contribution >= 4 is 46.7 Å². The van der Waals surface area contributed by atoms with E-state index in [-0.39, 0.29) is 4.77 Å². The van der Waals surface area contributed by atoms with Gasteiger partial charge in [-0.15, -0.1) is 0 Å². The van der Waals surface area contributed by atoms with Crippen LogP contribution in [-0.2, 0) is 4.79 Å². The number of hydrogen-bond donors (Lipinski definition) is 1. The second kappa shape index (κ2) is 10.5. The summed E-state index contributed by atoms with van der Waals surface area (Å²) in [5.74, 6) is -2.13. The van der Waals surface area contributed by atoms with Gasteiger partial charge in [0.05, 0.1) is 5.97 Å². The van der Waals surface area contributed by atoms with Gasteiger partial charge in [0.15, 0.2) is 12.0 Å². The van der Waals surface area contributed by atoms with Gasteiger partial charge in [-0.3, -0.25) is 4.79 Å². The molecule has 168 valence electrons. The summed E-state index contributed by atoms with van der Waals surface area (Å²) in [6.45, 7) is 0. The van der Waals surface area contributed by atoms with Gasteiger partial charge in [-0.05, 0) is 60.1 Å². The summed E-state index contributed by atoms with van der Waals surface area (Å²) in [6.07, 6.45) is 0. The van der Waals surface area contributed by atoms with Crippen LogP contribution in [0.3, 0.4) is 0 Å². The molecule has 0 spiro atoms. The van der Waals surface area contributed by atoms with Crippen LogP contribution in [0.2, 0.25) is 0 Å². The molecule has 0 aliphatic carbocycles. The molecule has 0 radical (unpaired) electrons. The molecule has 6 heteroatoms. The molecule has 4 aromatic carbocycles. The first-order chi connectivity index (χ1) is 16.5. The number of hydrogen-bond acceptors (Lipinski definition) is 3. The molecular weight excluding hydrogens is 465 g/mol. The lowest BCUT2D eigenvalue weighted by atomic mass is 10.2. The zero-order valence-corrected chi connectivity index (χ0v) is 19.7. The number of amides is 1. The molecular formula is C28H21ClNO3P. The summed E-state index contributed by atoms with van der Waals surface area (Å²) in [6, 6.07) is 37.0. The predicted octanol–water partition coefficient (Wildman–Crippen LogP) is 3.57. The van der Waals surface area contributed by atoms with Crippen molar-refractivity contribution in [3.8, 4) is 0 Å². The largest absolute Gasteiger partial charge is 0.543 e. The van der Waals surface area contributed by atoms with Gasteiger partial charge in [0.25, 0.3) is 5.91 Å². The SMILES string of the molecule is O=C([O-])/C(NC(=O)c1ccccc1)=C(\Cl)[P+](c1ccccc1)(c1ccccc1)c1ccccc1. The van der Waals surface area contributed by atoms with Crippen molar-refractivity contribution in [1.29, 1.82) is 0 Å². The summed E-state index contributed by atoms with van der Waals surface area (Å²) in [5.41, 5.74) is -0.130. The maximum Gasteiger partial charge on any atom is 0.255 e. The number of aliphatic carboxylic acids is 1. The van der Waals surface area contributed by atoms with E-state index in [1.54, 1.807) is 30.3 Å². The maximum absolute atomic E-state index is 12.9. The van der Waals surface area contributed by atoms with Gasteiger partial charge < -0.3 is 15.2 Å². The van der Waals surface area contributed by atoms with E-state index in [4.69, 9.17) is 11.6 Å². The first-order valence-electron chi connectivity index (χ1n) is 10.6. The minimum atomic E-state index is -2.89. The van der Waals surface area contributed by atoms with Crippen molar-refractivity contribution in [2.24, 2.45) is 0 Å². The third-order valence-corrected chi connectivity index (χ3v) is 10.4. The highest BCUT2D eigenvalue weighted by molar-refractivity contribution is 8.00. The Morgan fingerprint density at radius 1 is 0.618 bits per heavy atom. The van der Waals surface area contributed by atoms with E-state index in [0.717, 1.165) is 15.9 Å². The van der Waals surface area contributed by atoms with E-state index in [1.165, 1.54) is 0 Å². The molecule has 1 N–H and O–H groups in total. The van der Waals surface area contributed by atoms with Crippen molar-refractivity contribution in [2.75, 3.05) is 0 Å². The van der Waals surface area contributed by atoms with Gasteiger partial charge in [-0.25, -0.2) is 0 Å². The molecule has 0 saturated heterocycles. The minimum absolute atomic E-state index is 0.0281. The summed E-state index contributed by atoms with van der Waals surface area (Å²) in [7, 11) is -2.89. The Morgan fingerprint density at radius 2 is 0.971 bits per heavy atom. The highest BCUT2D eigenvalue weighted by Crippen LogP contribution is 2.64. The average Bonchev–Trinajstić information content (AvgIpc) is 2.90. The molecule has 0 fully saturated rings. The van der Waals surface area contributed by atoms with E-state index in [2.05, 4.69) is 5.32 Å². The number of rotatable bonds is 7. The number of carbonyl (C=O) groups is 2. The highest BCUT2D eigenvalue weighted by Gasteiger charge is 2.51. The smallest absolute Gasteiger partial charge is 0.255 e. The van der Waals surface area contributed by atoms with E-state index in [0.29, 0.717) is 5.56 Å². The Hall–Kier alpha value is -3.72. The summed E-state index contributed by atoms with van der Waals surface area (Å²) in [5, 5.41) is 17.5. The molecule has 34 heavy (non-hydrogen) atoms. The van der Waals surface area contributed by atoms with Crippen LogP contribution in [0.5, 0.6) is 0 Å². The van der Waals surface area contributed by atoms with Crippen LogP contribution in [0, 0.1) is 0 Å². The highest BCUT2D eigenvalue weighted by atomic mass is 35.5. The molecule has 0 aliphatic heterocycles. The van der Waals surface area contributed by atoms with Crippen molar-refractivity contribution < 1.29 is 14.7 Å². The first-order valence-corrected chi connectivity index (χ1v) is 12.8. The lowest BCUT2D eigenvalue weighted by Crippen LogP contribution is -2.39. The molecule has 0 unspecified atom stereocenters. The molecule has 4 aromatic rings. The standard InChI is InChI=1S/C28H21ClNO3P/c29-26(25(28(32)33)30-27(31)21-13-5-1-6-14-21)34(22-15-7-2-8-16-22,23-17-9-3-10-18-23)24-19-11-4-12-20-24/h1-20H,(H-,30,31,32,33)/b26-25-. The average molecular weight is 486 g/mol. The van der Waals surface area contributed by atoms with Gasteiger partial charge in [0.2, 0.25) is 0 Å². The topological polar surface area (TPSA) is 69.2 Å². The third kappa shape index (κ3) is 4.51. The molecule has 0 atom stereocenters. The van der Waals surface area contributed by atoms with Crippen molar-refractivity contribution in [1.82, 2.24) is 5.32 Å². The summed E-state index contributed by atoms with van der Waals surface area (Å²) < 4.78 is 0.0281. The van der Waals surface area contributed by atoms with Crippen LogP contribution < -0.4 is 26.3 Å². The molecule has 4 rings (SSSR count). The Labute approximate surface area is 203 Å². The lowest BCUT2D eigenvalue weighted by Gasteiger charge is -2.28. The molecule has 0 aromatic heterocycles. The molecule has 1 amide bonds. The van der Waals surface area contributed by atoms with Gasteiger partial charge in [-0.2, -0.15) is 0 Å². The van der Waals surface area contributed by atoms with Gasteiger partial charge in [-0.1, -0.05) is 72.8 Å². The van der Waals surface area contributed by atoms with Crippen LogP contribution in [0.15, 0.2) is 132 Å². The first kappa shape index (κ1) is 23.4. The molecule has 0 saturated carbocycles. The van der Waals surface area contributed by atoms with Crippen molar-refractivity contribution in [2.45, 2.75) is 0 Å². The zero-order chi connectivity index (χ0) is 24.0. The van der Waals surface area contributed by atoms with E-state index < -0.39 is 24.8 Å². The van der Waals surface area contributed by atoms with Crippen LogP contribution in [0.25, 0.3) is 0 Å². The number of halogens is 1. The zero-order valence-electron chi connectivity index (χ0n) is 18.1. The van der Waals surface area contributed by atoms with Gasteiger partial charge in [0, 0.05) is 5.56 Å². The van der Waals surface area contributed by atoms with Crippen molar-refractivity contribution in [3.63, 3.8) is 0 Å². The minimum Gasteiger partial charge on any atom is -0.543 e. The maximum atomic E-state index is 12.9. The lowest BCUT2D eigenvalue weighted by molar-refractivity contribution is -0.299. The predicted molar refractivity (Wildman–Crippen MR) is 137 cm³/mol. The second-order valence-corrected chi connectivity index (χ2v) is 11.4. The summed E-state index contributed by atoms with van der Waals surface area (Å²) in [4.78, 5) is 25.3. The van der Waals surface area contributed by atoms with Crippen molar-refractivity contribution in [3.05, 3.63) is 137 Å². The second-order valence-electron chi connectivity index (χ2n) is 7.45. The number of benzene rings is 4. The van der Waals surface area contributed by atoms with Gasteiger partial charge in [0.1, 0.15) is 21.6 Å². The Balaban J connectivity index is 2.03. The Bertz CT molecular complexity index is 1210. The fourth-order valence-electron chi connectivity index (χ4n) is 3.87. The third-order valence-electron chi connectivity index (χ3n) is 5.41. The molecule has 4 nitrogen and oxygen atoms in total. The Morgan fingerprint density at radius 3 is 1.32 bits per heavy atom. The fraction of sp³-hybridized carbons (Fsp3) is 0. The summed E-state index contributed by atoms with van der Waals surface area (Å²) >= 11 is 7.09. The van der Waals surface area contributed by atoms with E-state index in [9.17, 15) is 14.7 Å². The number of carbonyl (C=O) groups excluding carboxylic acids is 2. The Kier molecular flexibility index (Phi) is 7.22. The van der Waals surface area contributed by atoms with Crippen LogP contribution in [0.1, 0.15) is 10.4 Å². The van der Waals surface area contributed by atoms with E-state index in [1.807, 2.05) is 91.0 Å². The molecule has 0 heterocycles. The number of carboxylic acid groups (broad SMARTS) is 1. The normalized spacial score (nSPS) is 11.9.